The fourth-order valence-corrected chi connectivity index (χ4v) is 4.61. The lowest BCUT2D eigenvalue weighted by atomic mass is 9.71. The van der Waals surface area contributed by atoms with Gasteiger partial charge in [0.1, 0.15) is 36.9 Å². The van der Waals surface area contributed by atoms with Gasteiger partial charge in [0, 0.05) is 28.9 Å². The lowest BCUT2D eigenvalue weighted by Gasteiger charge is -2.39. The van der Waals surface area contributed by atoms with Crippen molar-refractivity contribution >= 4 is 36.0 Å². The Morgan fingerprint density at radius 2 is 1.51 bits per heavy atom. The number of carbonyl (C=O) groups excluding carboxylic acids is 2. The van der Waals surface area contributed by atoms with Gasteiger partial charge in [0.15, 0.2) is 0 Å². The molecule has 2 radical (unpaired) electrons. The third kappa shape index (κ3) is 8.44. The number of carbonyl (C=O) groups is 2. The van der Waals surface area contributed by atoms with Gasteiger partial charge in [0.2, 0.25) is 5.91 Å². The van der Waals surface area contributed by atoms with Crippen molar-refractivity contribution in [2.24, 2.45) is 5.92 Å². The Morgan fingerprint density at radius 1 is 1.00 bits per heavy atom. The molecule has 1 amide bonds. The highest BCUT2D eigenvalue weighted by Crippen LogP contribution is 2.41. The van der Waals surface area contributed by atoms with Gasteiger partial charge in [-0.05, 0) is 59.1 Å². The Labute approximate surface area is 240 Å². The van der Waals surface area contributed by atoms with Crippen molar-refractivity contribution in [2.45, 2.75) is 64.8 Å². The molecule has 0 fully saturated rings. The Morgan fingerprint density at radius 3 is 1.97 bits per heavy atom. The number of amides is 1. The van der Waals surface area contributed by atoms with Crippen molar-refractivity contribution in [3.63, 3.8) is 0 Å². The molecular formula is C28H39BBrNO8. The summed E-state index contributed by atoms with van der Waals surface area (Å²) in [6.07, 6.45) is 0.757. The number of aliphatic hydroxyl groups is 3. The van der Waals surface area contributed by atoms with Crippen LogP contribution in [-0.4, -0.2) is 62.6 Å². The maximum absolute atomic E-state index is 12.9. The first-order valence-corrected chi connectivity index (χ1v) is 13.0. The molecular weight excluding hydrogens is 569 g/mol. The summed E-state index contributed by atoms with van der Waals surface area (Å²) in [6, 6.07) is 6.57. The van der Waals surface area contributed by atoms with Crippen molar-refractivity contribution in [1.29, 1.82) is 0 Å². The normalized spacial score (nSPS) is 13.1. The van der Waals surface area contributed by atoms with Gasteiger partial charge >= 0.3 is 0 Å². The molecule has 0 aliphatic heterocycles. The first-order valence-electron chi connectivity index (χ1n) is 12.2. The minimum Gasteiger partial charge on any atom is -0.496 e. The van der Waals surface area contributed by atoms with Crippen LogP contribution in [-0.2, 0) is 20.5 Å². The van der Waals surface area contributed by atoms with E-state index in [0.717, 1.165) is 23.0 Å². The second kappa shape index (κ2) is 13.7. The Hall–Kier alpha value is -2.60. The third-order valence-electron chi connectivity index (χ3n) is 5.94. The van der Waals surface area contributed by atoms with Crippen LogP contribution in [0.1, 0.15) is 56.4 Å². The molecule has 39 heavy (non-hydrogen) atoms. The van der Waals surface area contributed by atoms with E-state index in [-0.39, 0.29) is 29.4 Å². The van der Waals surface area contributed by atoms with Gasteiger partial charge in [-0.15, -0.1) is 0 Å². The number of ether oxygens (including phenoxy) is 3. The second-order valence-electron chi connectivity index (χ2n) is 10.3. The standard InChI is InChI=1S/C24H31BBrNO7.C4H8O/c1-13-8-14(2)21(19(9-13)34-7)22(3,4)12-20(28)27-24(30,31)23(25,29)15-10-18(33-6)16(26)11-17(15)32-5;1-4(2)3-5/h8-11,29-31H,12H2,1-7H3,(H,27,28);3-4H,1-2H3. The van der Waals surface area contributed by atoms with E-state index in [2.05, 4.69) is 15.9 Å². The molecule has 0 aliphatic carbocycles. The number of hydrogen-bond donors (Lipinski definition) is 4. The largest absolute Gasteiger partial charge is 0.496 e. The topological polar surface area (TPSA) is 135 Å². The monoisotopic (exact) mass is 607 g/mol. The van der Waals surface area contributed by atoms with Crippen molar-refractivity contribution in [1.82, 2.24) is 5.32 Å². The molecule has 0 aliphatic rings. The zero-order valence-corrected chi connectivity index (χ0v) is 25.6. The van der Waals surface area contributed by atoms with E-state index in [1.165, 1.54) is 26.4 Å². The average molecular weight is 608 g/mol. The molecule has 4 N–H and O–H groups in total. The van der Waals surface area contributed by atoms with E-state index in [9.17, 15) is 24.9 Å². The molecule has 0 aromatic heterocycles. The van der Waals surface area contributed by atoms with Crippen molar-refractivity contribution in [2.75, 3.05) is 21.3 Å². The summed E-state index contributed by atoms with van der Waals surface area (Å²) in [5.41, 5.74) is -1.08. The van der Waals surface area contributed by atoms with Gasteiger partial charge in [0.25, 0.3) is 5.91 Å². The number of aryl methyl sites for hydroxylation is 2. The molecule has 2 rings (SSSR count). The molecule has 0 saturated carbocycles. The highest BCUT2D eigenvalue weighted by atomic mass is 79.9. The smallest absolute Gasteiger partial charge is 0.271 e. The van der Waals surface area contributed by atoms with Crippen LogP contribution in [0.3, 0.4) is 0 Å². The molecule has 0 bridgehead atoms. The van der Waals surface area contributed by atoms with Gasteiger partial charge in [0.05, 0.1) is 25.8 Å². The summed E-state index contributed by atoms with van der Waals surface area (Å²) in [6.45, 7) is 11.2. The fourth-order valence-electron chi connectivity index (χ4n) is 4.13. The fraction of sp³-hybridized carbons (Fsp3) is 0.500. The van der Waals surface area contributed by atoms with Gasteiger partial charge in [-0.25, -0.2) is 0 Å². The Kier molecular flexibility index (Phi) is 12.1. The minimum absolute atomic E-state index is 0.0414. The van der Waals surface area contributed by atoms with Crippen LogP contribution in [0.4, 0.5) is 0 Å². The number of hydrogen-bond acceptors (Lipinski definition) is 8. The van der Waals surface area contributed by atoms with Gasteiger partial charge in [-0.3, -0.25) is 4.79 Å². The van der Waals surface area contributed by atoms with Crippen LogP contribution in [0.2, 0.25) is 0 Å². The quantitative estimate of drug-likeness (QED) is 0.183. The van der Waals surface area contributed by atoms with Crippen LogP contribution >= 0.6 is 15.9 Å². The molecule has 2 aromatic rings. The van der Waals surface area contributed by atoms with Gasteiger partial charge in [-0.2, -0.15) is 0 Å². The maximum Gasteiger partial charge on any atom is 0.271 e. The van der Waals surface area contributed by atoms with Crippen LogP contribution in [0.25, 0.3) is 0 Å². The van der Waals surface area contributed by atoms with Crippen molar-refractivity contribution in [3.8, 4) is 17.2 Å². The van der Waals surface area contributed by atoms with Crippen molar-refractivity contribution in [3.05, 3.63) is 51.0 Å². The lowest BCUT2D eigenvalue weighted by Crippen LogP contribution is -2.63. The molecule has 1 unspecified atom stereocenters. The van der Waals surface area contributed by atoms with E-state index in [0.29, 0.717) is 10.2 Å². The first-order chi connectivity index (χ1) is 17.9. The summed E-state index contributed by atoms with van der Waals surface area (Å²) in [5, 5.41) is 34.4. The zero-order valence-electron chi connectivity index (χ0n) is 24.0. The highest BCUT2D eigenvalue weighted by molar-refractivity contribution is 9.10. The lowest BCUT2D eigenvalue weighted by molar-refractivity contribution is -0.264. The van der Waals surface area contributed by atoms with Gasteiger partial charge in [-0.1, -0.05) is 33.8 Å². The predicted molar refractivity (Wildman–Crippen MR) is 153 cm³/mol. The second-order valence-corrected chi connectivity index (χ2v) is 11.1. The van der Waals surface area contributed by atoms with E-state index < -0.39 is 22.7 Å². The number of rotatable bonds is 10. The van der Waals surface area contributed by atoms with E-state index in [1.807, 2.05) is 59.0 Å². The first kappa shape index (κ1) is 34.4. The molecule has 2 aromatic carbocycles. The molecule has 214 valence electrons. The third-order valence-corrected chi connectivity index (χ3v) is 6.56. The molecule has 0 spiro atoms. The predicted octanol–water partition coefficient (Wildman–Crippen LogP) is 3.37. The van der Waals surface area contributed by atoms with Crippen LogP contribution in [0, 0.1) is 19.8 Å². The molecule has 0 heterocycles. The molecule has 11 heteroatoms. The summed E-state index contributed by atoms with van der Waals surface area (Å²) < 4.78 is 16.4. The van der Waals surface area contributed by atoms with E-state index >= 15 is 0 Å². The van der Waals surface area contributed by atoms with Crippen molar-refractivity contribution < 1.29 is 39.1 Å². The number of methoxy groups -OCH3 is 3. The summed E-state index contributed by atoms with van der Waals surface area (Å²) in [4.78, 5) is 22.4. The molecule has 9 nitrogen and oxygen atoms in total. The number of halogens is 1. The minimum atomic E-state index is -3.25. The number of benzene rings is 2. The van der Waals surface area contributed by atoms with E-state index in [4.69, 9.17) is 22.1 Å². The molecule has 0 saturated heterocycles. The Bertz CT molecular complexity index is 1160. The highest BCUT2D eigenvalue weighted by Gasteiger charge is 2.49. The van der Waals surface area contributed by atoms with Crippen LogP contribution < -0.4 is 19.5 Å². The van der Waals surface area contributed by atoms with Crippen LogP contribution in [0.15, 0.2) is 28.7 Å². The SMILES string of the molecule is CC(C)C=O.[B]C(O)(c1cc(OC)c(Br)cc1OC)C(O)(O)NC(=O)CC(C)(C)c1c(C)cc(C)cc1OC. The Balaban J connectivity index is 0.00000139. The summed E-state index contributed by atoms with van der Waals surface area (Å²) in [5.74, 6) is -2.89. The maximum atomic E-state index is 12.9. The molecule has 1 atom stereocenters. The number of nitrogens with one attached hydrogen (secondary N) is 1. The van der Waals surface area contributed by atoms with Crippen LogP contribution in [0.5, 0.6) is 17.2 Å². The summed E-state index contributed by atoms with van der Waals surface area (Å²) in [7, 11) is 10.2. The number of aldehydes is 1. The zero-order chi connectivity index (χ0) is 30.3. The average Bonchev–Trinajstić information content (AvgIpc) is 2.82. The van der Waals surface area contributed by atoms with E-state index in [1.54, 1.807) is 7.11 Å². The summed E-state index contributed by atoms with van der Waals surface area (Å²) >= 11 is 3.28. The van der Waals surface area contributed by atoms with Gasteiger partial charge < -0.3 is 39.6 Å².